The second kappa shape index (κ2) is 8.62. The Morgan fingerprint density at radius 3 is 2.26 bits per heavy atom. The van der Waals surface area contributed by atoms with Gasteiger partial charge in [-0.25, -0.2) is 4.98 Å². The van der Waals surface area contributed by atoms with Crippen LogP contribution in [-0.2, 0) is 6.54 Å². The number of ether oxygens (including phenoxy) is 1. The van der Waals surface area contributed by atoms with E-state index >= 15 is 0 Å². The molecule has 3 aromatic rings. The summed E-state index contributed by atoms with van der Waals surface area (Å²) in [5.41, 5.74) is 1.84. The summed E-state index contributed by atoms with van der Waals surface area (Å²) in [6, 6.07) is 21.4. The number of amides is 2. The number of rotatable bonds is 6. The summed E-state index contributed by atoms with van der Waals surface area (Å²) in [4.78, 5) is 29.0. The van der Waals surface area contributed by atoms with Crippen LogP contribution < -0.4 is 15.4 Å². The molecule has 6 heteroatoms. The Balaban J connectivity index is 1.69. The molecule has 0 aliphatic rings. The van der Waals surface area contributed by atoms with E-state index in [0.717, 1.165) is 5.56 Å². The molecule has 0 aliphatic heterocycles. The monoisotopic (exact) mass is 361 g/mol. The Morgan fingerprint density at radius 1 is 0.852 bits per heavy atom. The minimum absolute atomic E-state index is 0.147. The predicted molar refractivity (Wildman–Crippen MR) is 103 cm³/mol. The van der Waals surface area contributed by atoms with Gasteiger partial charge in [-0.05, 0) is 29.8 Å². The molecule has 27 heavy (non-hydrogen) atoms. The summed E-state index contributed by atoms with van der Waals surface area (Å²) in [7, 11) is 1.53. The van der Waals surface area contributed by atoms with Gasteiger partial charge in [0.15, 0.2) is 0 Å². The summed E-state index contributed by atoms with van der Waals surface area (Å²) < 4.78 is 5.22. The maximum Gasteiger partial charge on any atom is 0.274 e. The van der Waals surface area contributed by atoms with Crippen molar-refractivity contribution in [3.8, 4) is 5.75 Å². The van der Waals surface area contributed by atoms with Crippen molar-refractivity contribution in [2.24, 2.45) is 0 Å². The molecule has 2 N–H and O–H groups in total. The molecule has 1 heterocycles. The number of methoxy groups -OCH3 is 1. The molecule has 0 atom stereocenters. The van der Waals surface area contributed by atoms with Crippen molar-refractivity contribution in [2.45, 2.75) is 6.54 Å². The zero-order valence-corrected chi connectivity index (χ0v) is 14.8. The Kier molecular flexibility index (Phi) is 5.79. The molecular formula is C21H19N3O3. The smallest absolute Gasteiger partial charge is 0.274 e. The minimum atomic E-state index is -0.419. The number of para-hydroxylation sites is 2. The normalized spacial score (nSPS) is 10.1. The van der Waals surface area contributed by atoms with Gasteiger partial charge in [-0.2, -0.15) is 0 Å². The molecule has 0 bridgehead atoms. The first-order valence-corrected chi connectivity index (χ1v) is 8.41. The SMILES string of the molecule is COc1ccccc1NC(=O)c1cccc(C(=O)NCc2ccccc2)n1. The quantitative estimate of drug-likeness (QED) is 0.706. The number of pyridine rings is 1. The summed E-state index contributed by atoms with van der Waals surface area (Å²) >= 11 is 0. The summed E-state index contributed by atoms with van der Waals surface area (Å²) in [5, 5.41) is 5.54. The van der Waals surface area contributed by atoms with E-state index in [1.165, 1.54) is 7.11 Å². The van der Waals surface area contributed by atoms with Gasteiger partial charge < -0.3 is 15.4 Å². The standard InChI is InChI=1S/C21H19N3O3/c1-27-19-13-6-5-10-16(19)24-21(26)18-12-7-11-17(23-18)20(25)22-14-15-8-3-2-4-9-15/h2-13H,14H2,1H3,(H,22,25)(H,24,26). The zero-order valence-electron chi connectivity index (χ0n) is 14.8. The molecule has 0 spiro atoms. The maximum atomic E-state index is 12.5. The van der Waals surface area contributed by atoms with E-state index in [9.17, 15) is 9.59 Å². The molecule has 6 nitrogen and oxygen atoms in total. The van der Waals surface area contributed by atoms with Crippen LogP contribution in [0.1, 0.15) is 26.5 Å². The van der Waals surface area contributed by atoms with Crippen molar-refractivity contribution in [2.75, 3.05) is 12.4 Å². The van der Waals surface area contributed by atoms with Crippen LogP contribution in [0.5, 0.6) is 5.75 Å². The fourth-order valence-electron chi connectivity index (χ4n) is 2.49. The molecule has 136 valence electrons. The molecule has 1 aromatic heterocycles. The van der Waals surface area contributed by atoms with Gasteiger partial charge in [0.2, 0.25) is 0 Å². The molecule has 0 radical (unpaired) electrons. The average Bonchev–Trinajstić information content (AvgIpc) is 2.73. The van der Waals surface area contributed by atoms with Crippen molar-refractivity contribution >= 4 is 17.5 Å². The van der Waals surface area contributed by atoms with E-state index in [-0.39, 0.29) is 17.3 Å². The molecule has 0 fully saturated rings. The topological polar surface area (TPSA) is 80.3 Å². The highest BCUT2D eigenvalue weighted by molar-refractivity contribution is 6.04. The molecule has 0 saturated heterocycles. The van der Waals surface area contributed by atoms with Gasteiger partial charge in [-0.1, -0.05) is 48.5 Å². The molecule has 3 rings (SSSR count). The molecule has 2 amide bonds. The third kappa shape index (κ3) is 4.70. The Bertz CT molecular complexity index is 942. The molecule has 0 saturated carbocycles. The molecule has 2 aromatic carbocycles. The lowest BCUT2D eigenvalue weighted by Crippen LogP contribution is -2.25. The fraction of sp³-hybridized carbons (Fsp3) is 0.0952. The number of benzene rings is 2. The van der Waals surface area contributed by atoms with Crippen molar-refractivity contribution in [1.82, 2.24) is 10.3 Å². The number of hydrogen-bond acceptors (Lipinski definition) is 4. The van der Waals surface area contributed by atoms with Crippen LogP contribution in [0.25, 0.3) is 0 Å². The highest BCUT2D eigenvalue weighted by Gasteiger charge is 2.14. The number of nitrogens with zero attached hydrogens (tertiary/aromatic N) is 1. The number of anilines is 1. The van der Waals surface area contributed by atoms with Crippen molar-refractivity contribution < 1.29 is 14.3 Å². The van der Waals surface area contributed by atoms with Gasteiger partial charge in [-0.15, -0.1) is 0 Å². The summed E-state index contributed by atoms with van der Waals surface area (Å²) in [6.07, 6.45) is 0. The van der Waals surface area contributed by atoms with E-state index in [1.54, 1.807) is 36.4 Å². The Morgan fingerprint density at radius 2 is 1.52 bits per heavy atom. The van der Waals surface area contributed by atoms with E-state index in [0.29, 0.717) is 18.0 Å². The van der Waals surface area contributed by atoms with Crippen LogP contribution in [0, 0.1) is 0 Å². The van der Waals surface area contributed by atoms with E-state index in [2.05, 4.69) is 15.6 Å². The summed E-state index contributed by atoms with van der Waals surface area (Å²) in [5.74, 6) is -0.217. The molecular weight excluding hydrogens is 342 g/mol. The largest absolute Gasteiger partial charge is 0.495 e. The number of hydrogen-bond donors (Lipinski definition) is 2. The first kappa shape index (κ1) is 18.1. The fourth-order valence-corrected chi connectivity index (χ4v) is 2.49. The third-order valence-corrected chi connectivity index (χ3v) is 3.87. The van der Waals surface area contributed by atoms with Gasteiger partial charge in [0.25, 0.3) is 11.8 Å². The maximum absolute atomic E-state index is 12.5. The van der Waals surface area contributed by atoms with Gasteiger partial charge in [0, 0.05) is 6.54 Å². The Hall–Kier alpha value is -3.67. The highest BCUT2D eigenvalue weighted by atomic mass is 16.5. The van der Waals surface area contributed by atoms with Crippen molar-refractivity contribution in [3.05, 3.63) is 89.7 Å². The molecule has 0 aliphatic carbocycles. The van der Waals surface area contributed by atoms with E-state index in [4.69, 9.17) is 4.74 Å². The summed E-state index contributed by atoms with van der Waals surface area (Å²) in [6.45, 7) is 0.388. The second-order valence-corrected chi connectivity index (χ2v) is 5.73. The van der Waals surface area contributed by atoms with Gasteiger partial charge in [0.05, 0.1) is 12.8 Å². The van der Waals surface area contributed by atoms with Crippen LogP contribution in [0.3, 0.4) is 0 Å². The van der Waals surface area contributed by atoms with Crippen LogP contribution in [0.2, 0.25) is 0 Å². The minimum Gasteiger partial charge on any atom is -0.495 e. The lowest BCUT2D eigenvalue weighted by atomic mass is 10.2. The first-order valence-electron chi connectivity index (χ1n) is 8.41. The van der Waals surface area contributed by atoms with Crippen LogP contribution >= 0.6 is 0 Å². The van der Waals surface area contributed by atoms with E-state index < -0.39 is 5.91 Å². The van der Waals surface area contributed by atoms with Gasteiger partial charge in [-0.3, -0.25) is 9.59 Å². The van der Waals surface area contributed by atoms with Crippen molar-refractivity contribution in [3.63, 3.8) is 0 Å². The number of nitrogens with one attached hydrogen (secondary N) is 2. The third-order valence-electron chi connectivity index (χ3n) is 3.87. The number of aromatic nitrogens is 1. The van der Waals surface area contributed by atoms with Gasteiger partial charge >= 0.3 is 0 Å². The second-order valence-electron chi connectivity index (χ2n) is 5.73. The Labute approximate surface area is 157 Å². The average molecular weight is 361 g/mol. The number of carbonyl (C=O) groups excluding carboxylic acids is 2. The highest BCUT2D eigenvalue weighted by Crippen LogP contribution is 2.23. The van der Waals surface area contributed by atoms with Crippen LogP contribution in [0.4, 0.5) is 5.69 Å². The van der Waals surface area contributed by atoms with E-state index in [1.807, 2.05) is 36.4 Å². The number of carbonyl (C=O) groups is 2. The zero-order chi connectivity index (χ0) is 19.1. The first-order chi connectivity index (χ1) is 13.2. The van der Waals surface area contributed by atoms with Crippen molar-refractivity contribution in [1.29, 1.82) is 0 Å². The van der Waals surface area contributed by atoms with Crippen LogP contribution in [0.15, 0.2) is 72.8 Å². The lowest BCUT2D eigenvalue weighted by Gasteiger charge is -2.10. The van der Waals surface area contributed by atoms with Gasteiger partial charge in [0.1, 0.15) is 17.1 Å². The van der Waals surface area contributed by atoms with Crippen LogP contribution in [-0.4, -0.2) is 23.9 Å². The lowest BCUT2D eigenvalue weighted by molar-refractivity contribution is 0.0945. The predicted octanol–water partition coefficient (Wildman–Crippen LogP) is 3.27. The molecule has 0 unspecified atom stereocenters.